The first-order chi connectivity index (χ1) is 7.84. The Morgan fingerprint density at radius 2 is 1.75 bits per heavy atom. The molecule has 3 rings (SSSR count). The van der Waals surface area contributed by atoms with Crippen LogP contribution in [0.4, 0.5) is 0 Å². The van der Waals surface area contributed by atoms with E-state index in [2.05, 4.69) is 48.0 Å². The predicted molar refractivity (Wildman–Crippen MR) is 68.6 cm³/mol. The molecule has 1 aliphatic carbocycles. The fraction of sp³-hybridized carbons (Fsp3) is 0.467. The maximum Gasteiger partial charge on any atom is 0.0482 e. The lowest BCUT2D eigenvalue weighted by atomic mass is 9.87. The maximum atomic E-state index is 2.49. The Balaban J connectivity index is 1.94. The molecule has 0 spiro atoms. The second kappa shape index (κ2) is 3.97. The third kappa shape index (κ3) is 1.64. The molecule has 0 radical (unpaired) electrons. The van der Waals surface area contributed by atoms with Crippen molar-refractivity contribution in [1.29, 1.82) is 0 Å². The van der Waals surface area contributed by atoms with E-state index in [1.807, 2.05) is 0 Å². The van der Waals surface area contributed by atoms with Crippen LogP contribution in [0.25, 0.3) is 10.9 Å². The quantitative estimate of drug-likeness (QED) is 0.662. The second-order valence-corrected chi connectivity index (χ2v) is 5.20. The van der Waals surface area contributed by atoms with Crippen molar-refractivity contribution in [3.8, 4) is 0 Å². The van der Waals surface area contributed by atoms with Gasteiger partial charge in [-0.3, -0.25) is 0 Å². The van der Waals surface area contributed by atoms with Crippen LogP contribution in [0.1, 0.15) is 38.6 Å². The van der Waals surface area contributed by atoms with Crippen LogP contribution >= 0.6 is 0 Å². The summed E-state index contributed by atoms with van der Waals surface area (Å²) in [6.07, 6.45) is 7.74. The van der Waals surface area contributed by atoms with Crippen molar-refractivity contribution < 1.29 is 0 Å². The van der Waals surface area contributed by atoms with E-state index < -0.39 is 0 Å². The van der Waals surface area contributed by atoms with Crippen LogP contribution in [0.5, 0.6) is 0 Å². The van der Waals surface area contributed by atoms with Crippen LogP contribution in [-0.4, -0.2) is 4.57 Å². The molecule has 1 aromatic carbocycles. The topological polar surface area (TPSA) is 4.93 Å². The highest BCUT2D eigenvalue weighted by atomic mass is 15.0. The first-order valence-corrected chi connectivity index (χ1v) is 6.40. The SMILES string of the molecule is CC1CCC(n2ccc3ccccc32)CC1. The van der Waals surface area contributed by atoms with Gasteiger partial charge in [-0.05, 0) is 49.1 Å². The summed E-state index contributed by atoms with van der Waals surface area (Å²) in [5, 5.41) is 1.38. The van der Waals surface area contributed by atoms with E-state index in [1.54, 1.807) is 0 Å². The number of nitrogens with zero attached hydrogens (tertiary/aromatic N) is 1. The van der Waals surface area contributed by atoms with Crippen molar-refractivity contribution in [3.63, 3.8) is 0 Å². The van der Waals surface area contributed by atoms with Gasteiger partial charge in [0.2, 0.25) is 0 Å². The van der Waals surface area contributed by atoms with Gasteiger partial charge in [-0.15, -0.1) is 0 Å². The number of benzene rings is 1. The Hall–Kier alpha value is -1.24. The second-order valence-electron chi connectivity index (χ2n) is 5.20. The van der Waals surface area contributed by atoms with Crippen molar-refractivity contribution in [3.05, 3.63) is 36.5 Å². The Bertz CT molecular complexity index is 475. The molecular weight excluding hydrogens is 194 g/mol. The molecule has 0 amide bonds. The molecule has 1 fully saturated rings. The highest BCUT2D eigenvalue weighted by Gasteiger charge is 2.20. The lowest BCUT2D eigenvalue weighted by Gasteiger charge is -2.28. The van der Waals surface area contributed by atoms with Crippen LogP contribution in [0, 0.1) is 5.92 Å². The molecule has 16 heavy (non-hydrogen) atoms. The summed E-state index contributed by atoms with van der Waals surface area (Å²) in [6, 6.07) is 11.7. The van der Waals surface area contributed by atoms with Crippen LogP contribution < -0.4 is 0 Å². The number of para-hydroxylation sites is 1. The van der Waals surface area contributed by atoms with Gasteiger partial charge in [-0.2, -0.15) is 0 Å². The van der Waals surface area contributed by atoms with E-state index in [4.69, 9.17) is 0 Å². The Morgan fingerprint density at radius 1 is 1.00 bits per heavy atom. The van der Waals surface area contributed by atoms with Crippen LogP contribution in [0.15, 0.2) is 36.5 Å². The monoisotopic (exact) mass is 213 g/mol. The molecular formula is C15H19N. The van der Waals surface area contributed by atoms with Gasteiger partial charge in [-0.25, -0.2) is 0 Å². The van der Waals surface area contributed by atoms with Gasteiger partial charge >= 0.3 is 0 Å². The van der Waals surface area contributed by atoms with E-state index in [0.717, 1.165) is 12.0 Å². The molecule has 0 aliphatic heterocycles. The van der Waals surface area contributed by atoms with Crippen LogP contribution in [0.2, 0.25) is 0 Å². The van der Waals surface area contributed by atoms with E-state index in [9.17, 15) is 0 Å². The zero-order valence-corrected chi connectivity index (χ0v) is 9.89. The van der Waals surface area contributed by atoms with Crippen molar-refractivity contribution in [1.82, 2.24) is 4.57 Å². The average molecular weight is 213 g/mol. The fourth-order valence-corrected chi connectivity index (χ4v) is 2.94. The number of aromatic nitrogens is 1. The predicted octanol–water partition coefficient (Wildman–Crippen LogP) is 4.39. The third-order valence-corrected chi connectivity index (χ3v) is 4.01. The van der Waals surface area contributed by atoms with Crippen LogP contribution in [-0.2, 0) is 0 Å². The number of rotatable bonds is 1. The Morgan fingerprint density at radius 3 is 2.56 bits per heavy atom. The molecule has 84 valence electrons. The first kappa shape index (κ1) is 9.95. The molecule has 1 saturated carbocycles. The molecule has 0 saturated heterocycles. The molecule has 1 aliphatic rings. The summed E-state index contributed by atoms with van der Waals surface area (Å²) in [5.74, 6) is 0.929. The van der Waals surface area contributed by atoms with Crippen molar-refractivity contribution >= 4 is 10.9 Å². The minimum Gasteiger partial charge on any atom is -0.344 e. The van der Waals surface area contributed by atoms with E-state index in [1.165, 1.54) is 36.6 Å². The maximum absolute atomic E-state index is 2.49. The summed E-state index contributed by atoms with van der Waals surface area (Å²) >= 11 is 0. The summed E-state index contributed by atoms with van der Waals surface area (Å²) in [7, 11) is 0. The van der Waals surface area contributed by atoms with Crippen molar-refractivity contribution in [2.24, 2.45) is 5.92 Å². The van der Waals surface area contributed by atoms with Gasteiger partial charge in [-0.1, -0.05) is 25.1 Å². The Kier molecular flexibility index (Phi) is 2.47. The normalized spacial score (nSPS) is 26.1. The minimum atomic E-state index is 0.732. The molecule has 1 nitrogen and oxygen atoms in total. The molecule has 1 heterocycles. The fourth-order valence-electron chi connectivity index (χ4n) is 2.94. The molecule has 2 aromatic rings. The van der Waals surface area contributed by atoms with E-state index in [-0.39, 0.29) is 0 Å². The Labute approximate surface area is 97.1 Å². The van der Waals surface area contributed by atoms with Crippen LogP contribution in [0.3, 0.4) is 0 Å². The summed E-state index contributed by atoms with van der Waals surface area (Å²) < 4.78 is 2.49. The van der Waals surface area contributed by atoms with Crippen molar-refractivity contribution in [2.45, 2.75) is 38.6 Å². The van der Waals surface area contributed by atoms with Gasteiger partial charge in [0.15, 0.2) is 0 Å². The van der Waals surface area contributed by atoms with E-state index >= 15 is 0 Å². The highest BCUT2D eigenvalue weighted by Crippen LogP contribution is 2.34. The number of hydrogen-bond donors (Lipinski definition) is 0. The van der Waals surface area contributed by atoms with Gasteiger partial charge < -0.3 is 4.57 Å². The summed E-state index contributed by atoms with van der Waals surface area (Å²) in [4.78, 5) is 0. The largest absolute Gasteiger partial charge is 0.344 e. The van der Waals surface area contributed by atoms with Gasteiger partial charge in [0, 0.05) is 17.8 Å². The average Bonchev–Trinajstić information content (AvgIpc) is 2.74. The van der Waals surface area contributed by atoms with Gasteiger partial charge in [0.05, 0.1) is 0 Å². The minimum absolute atomic E-state index is 0.732. The number of fused-ring (bicyclic) bond motifs is 1. The molecule has 0 N–H and O–H groups in total. The van der Waals surface area contributed by atoms with Crippen molar-refractivity contribution in [2.75, 3.05) is 0 Å². The molecule has 0 unspecified atom stereocenters. The first-order valence-electron chi connectivity index (χ1n) is 6.40. The molecule has 1 aromatic heterocycles. The zero-order chi connectivity index (χ0) is 11.0. The molecule has 0 bridgehead atoms. The summed E-state index contributed by atoms with van der Waals surface area (Å²) in [6.45, 7) is 2.38. The summed E-state index contributed by atoms with van der Waals surface area (Å²) in [5.41, 5.74) is 1.40. The highest BCUT2D eigenvalue weighted by molar-refractivity contribution is 5.80. The lowest BCUT2D eigenvalue weighted by molar-refractivity contribution is 0.294. The number of hydrogen-bond acceptors (Lipinski definition) is 0. The zero-order valence-electron chi connectivity index (χ0n) is 9.89. The van der Waals surface area contributed by atoms with E-state index in [0.29, 0.717) is 0 Å². The standard InChI is InChI=1S/C15H19N/c1-12-6-8-14(9-7-12)16-11-10-13-4-2-3-5-15(13)16/h2-5,10-12,14H,6-9H2,1H3. The van der Waals surface area contributed by atoms with Gasteiger partial charge in [0.25, 0.3) is 0 Å². The smallest absolute Gasteiger partial charge is 0.0482 e. The van der Waals surface area contributed by atoms with Gasteiger partial charge in [0.1, 0.15) is 0 Å². The lowest BCUT2D eigenvalue weighted by Crippen LogP contribution is -2.15. The third-order valence-electron chi connectivity index (χ3n) is 4.01. The molecule has 1 heteroatoms. The molecule has 0 atom stereocenters.